The summed E-state index contributed by atoms with van der Waals surface area (Å²) >= 11 is 0. The van der Waals surface area contributed by atoms with Crippen molar-refractivity contribution >= 4 is 23.5 Å². The molecule has 2 aromatic carbocycles. The molecule has 8 nitrogen and oxygen atoms in total. The minimum absolute atomic E-state index is 0.0135. The molecule has 2 amide bonds. The highest BCUT2D eigenvalue weighted by molar-refractivity contribution is 6.39. The van der Waals surface area contributed by atoms with Crippen molar-refractivity contribution in [1.29, 1.82) is 0 Å². The van der Waals surface area contributed by atoms with Gasteiger partial charge in [0.1, 0.15) is 0 Å². The molecule has 8 heteroatoms. The first kappa shape index (κ1) is 23.4. The number of anilines is 1. The molecule has 0 aliphatic carbocycles. The van der Waals surface area contributed by atoms with Crippen LogP contribution in [0.15, 0.2) is 48.5 Å². The van der Waals surface area contributed by atoms with E-state index in [9.17, 15) is 14.4 Å². The van der Waals surface area contributed by atoms with Crippen LogP contribution in [-0.2, 0) is 14.3 Å². The smallest absolute Gasteiger partial charge is 0.337 e. The molecular formula is C24H30N4O4. The number of nitrogens with one attached hydrogen (secondary N) is 2. The van der Waals surface area contributed by atoms with Crippen LogP contribution < -0.4 is 10.6 Å². The maximum absolute atomic E-state index is 12.5. The van der Waals surface area contributed by atoms with Gasteiger partial charge >= 0.3 is 17.8 Å². The number of carbonyl (C=O) groups excluding carboxylic acids is 3. The molecule has 1 aliphatic rings. The third-order valence-corrected chi connectivity index (χ3v) is 5.67. The normalized spacial score (nSPS) is 15.6. The number of hydrogen-bond acceptors (Lipinski definition) is 6. The van der Waals surface area contributed by atoms with Crippen molar-refractivity contribution in [2.75, 3.05) is 52.2 Å². The molecular weight excluding hydrogens is 408 g/mol. The molecule has 0 spiro atoms. The van der Waals surface area contributed by atoms with Crippen LogP contribution in [0.1, 0.15) is 27.5 Å². The molecule has 2 N–H and O–H groups in total. The molecule has 3 rings (SSSR count). The van der Waals surface area contributed by atoms with Crippen molar-refractivity contribution < 1.29 is 19.1 Å². The van der Waals surface area contributed by atoms with Crippen molar-refractivity contribution in [3.8, 4) is 0 Å². The Kier molecular flexibility index (Phi) is 7.97. The molecule has 0 saturated carbocycles. The number of amides is 2. The Balaban J connectivity index is 1.61. The van der Waals surface area contributed by atoms with Crippen molar-refractivity contribution in [2.24, 2.45) is 0 Å². The first-order valence-corrected chi connectivity index (χ1v) is 10.6. The van der Waals surface area contributed by atoms with Gasteiger partial charge in [-0.15, -0.1) is 0 Å². The average molecular weight is 439 g/mol. The lowest BCUT2D eigenvalue weighted by molar-refractivity contribution is -0.136. The maximum Gasteiger partial charge on any atom is 0.337 e. The van der Waals surface area contributed by atoms with Crippen molar-refractivity contribution in [3.05, 3.63) is 65.2 Å². The lowest BCUT2D eigenvalue weighted by Gasteiger charge is -2.38. The number of rotatable bonds is 6. The van der Waals surface area contributed by atoms with E-state index in [1.54, 1.807) is 12.1 Å². The van der Waals surface area contributed by atoms with Crippen molar-refractivity contribution in [1.82, 2.24) is 15.1 Å². The van der Waals surface area contributed by atoms with Crippen molar-refractivity contribution in [3.63, 3.8) is 0 Å². The predicted molar refractivity (Wildman–Crippen MR) is 122 cm³/mol. The predicted octanol–water partition coefficient (Wildman–Crippen LogP) is 1.83. The van der Waals surface area contributed by atoms with Crippen LogP contribution in [0, 0.1) is 6.92 Å². The third kappa shape index (κ3) is 6.15. The van der Waals surface area contributed by atoms with Crippen LogP contribution in [0.3, 0.4) is 0 Å². The number of methoxy groups -OCH3 is 1. The Hall–Kier alpha value is -3.23. The molecule has 1 heterocycles. The topological polar surface area (TPSA) is 91.0 Å². The Morgan fingerprint density at radius 1 is 0.938 bits per heavy atom. The van der Waals surface area contributed by atoms with Gasteiger partial charge in [-0.3, -0.25) is 14.5 Å². The van der Waals surface area contributed by atoms with E-state index in [0.717, 1.165) is 31.7 Å². The molecule has 32 heavy (non-hydrogen) atoms. The Labute approximate surface area is 188 Å². The highest BCUT2D eigenvalue weighted by Gasteiger charge is 2.25. The Morgan fingerprint density at radius 2 is 1.56 bits per heavy atom. The van der Waals surface area contributed by atoms with E-state index in [1.807, 2.05) is 6.92 Å². The molecule has 0 aromatic heterocycles. The van der Waals surface area contributed by atoms with E-state index < -0.39 is 17.8 Å². The number of likely N-dealkylation sites (N-methyl/N-ethyl adjacent to an activating group) is 1. The number of carbonyl (C=O) groups is 3. The van der Waals surface area contributed by atoms with Gasteiger partial charge in [0.2, 0.25) is 0 Å². The van der Waals surface area contributed by atoms with Gasteiger partial charge in [0.15, 0.2) is 0 Å². The molecule has 0 unspecified atom stereocenters. The number of aryl methyl sites for hydroxylation is 1. The number of ether oxygens (including phenoxy) is 1. The lowest BCUT2D eigenvalue weighted by atomic mass is 10.0. The third-order valence-electron chi connectivity index (χ3n) is 5.67. The fourth-order valence-electron chi connectivity index (χ4n) is 3.64. The molecule has 170 valence electrons. The Bertz CT molecular complexity index is 935. The Morgan fingerprint density at radius 3 is 2.16 bits per heavy atom. The molecule has 0 radical (unpaired) electrons. The summed E-state index contributed by atoms with van der Waals surface area (Å²) in [5, 5.41) is 5.34. The van der Waals surface area contributed by atoms with E-state index in [0.29, 0.717) is 17.8 Å². The van der Waals surface area contributed by atoms with Gasteiger partial charge in [-0.2, -0.15) is 0 Å². The van der Waals surface area contributed by atoms with E-state index in [4.69, 9.17) is 0 Å². The first-order chi connectivity index (χ1) is 15.4. The second-order valence-electron chi connectivity index (χ2n) is 8.00. The van der Waals surface area contributed by atoms with E-state index in [1.165, 1.54) is 24.8 Å². The van der Waals surface area contributed by atoms with Gasteiger partial charge < -0.3 is 20.3 Å². The zero-order chi connectivity index (χ0) is 23.1. The monoisotopic (exact) mass is 438 g/mol. The maximum atomic E-state index is 12.5. The summed E-state index contributed by atoms with van der Waals surface area (Å²) in [7, 11) is 3.40. The van der Waals surface area contributed by atoms with Crippen LogP contribution in [0.5, 0.6) is 0 Å². The summed E-state index contributed by atoms with van der Waals surface area (Å²) in [6.07, 6.45) is 0. The zero-order valence-electron chi connectivity index (χ0n) is 18.8. The fourth-order valence-corrected chi connectivity index (χ4v) is 3.64. The second-order valence-corrected chi connectivity index (χ2v) is 8.00. The van der Waals surface area contributed by atoms with Gasteiger partial charge in [-0.1, -0.05) is 29.8 Å². The first-order valence-electron chi connectivity index (χ1n) is 10.6. The summed E-state index contributed by atoms with van der Waals surface area (Å²) < 4.78 is 4.65. The zero-order valence-corrected chi connectivity index (χ0v) is 18.8. The highest BCUT2D eigenvalue weighted by atomic mass is 16.5. The quantitative estimate of drug-likeness (QED) is 0.528. The minimum atomic E-state index is -0.753. The van der Waals surface area contributed by atoms with E-state index >= 15 is 0 Å². The van der Waals surface area contributed by atoms with Crippen LogP contribution in [0.4, 0.5) is 5.69 Å². The van der Waals surface area contributed by atoms with Gasteiger partial charge in [0.25, 0.3) is 0 Å². The van der Waals surface area contributed by atoms with Crippen LogP contribution in [-0.4, -0.2) is 74.5 Å². The molecule has 1 saturated heterocycles. The molecule has 1 aliphatic heterocycles. The summed E-state index contributed by atoms with van der Waals surface area (Å²) in [5.41, 5.74) is 3.07. The average Bonchev–Trinajstić information content (AvgIpc) is 2.81. The largest absolute Gasteiger partial charge is 0.465 e. The summed E-state index contributed by atoms with van der Waals surface area (Å²) in [6, 6.07) is 14.4. The number of esters is 1. The van der Waals surface area contributed by atoms with Crippen LogP contribution in [0.25, 0.3) is 0 Å². The van der Waals surface area contributed by atoms with Crippen LogP contribution in [0.2, 0.25) is 0 Å². The number of nitrogens with zero attached hydrogens (tertiary/aromatic N) is 2. The summed E-state index contributed by atoms with van der Waals surface area (Å²) in [5.74, 6) is -1.92. The SMILES string of the molecule is COC(=O)c1ccc(NC(=O)C(=O)NC[C@H](c2ccc(C)cc2)N2CCN(C)CC2)cc1. The standard InChI is InChI=1S/C24H30N4O4/c1-17-4-6-18(7-5-17)21(28-14-12-27(2)13-15-28)16-25-22(29)23(30)26-20-10-8-19(9-11-20)24(31)32-3/h4-11,21H,12-16H2,1-3H3,(H,25,29)(H,26,30)/t21-/m1/s1. The van der Waals surface area contributed by atoms with Crippen molar-refractivity contribution in [2.45, 2.75) is 13.0 Å². The van der Waals surface area contributed by atoms with E-state index in [2.05, 4.69) is 56.5 Å². The number of benzene rings is 2. The molecule has 2 aromatic rings. The second kappa shape index (κ2) is 10.9. The molecule has 1 atom stereocenters. The fraction of sp³-hybridized carbons (Fsp3) is 0.375. The van der Waals surface area contributed by atoms with E-state index in [-0.39, 0.29) is 6.04 Å². The minimum Gasteiger partial charge on any atom is -0.465 e. The van der Waals surface area contributed by atoms with Gasteiger partial charge in [-0.25, -0.2) is 4.79 Å². The van der Waals surface area contributed by atoms with Gasteiger partial charge in [0, 0.05) is 38.4 Å². The van der Waals surface area contributed by atoms with Crippen LogP contribution >= 0.6 is 0 Å². The summed E-state index contributed by atoms with van der Waals surface area (Å²) in [6.45, 7) is 6.07. The highest BCUT2D eigenvalue weighted by Crippen LogP contribution is 2.22. The number of hydrogen-bond donors (Lipinski definition) is 2. The number of piperazine rings is 1. The van der Waals surface area contributed by atoms with Gasteiger partial charge in [-0.05, 0) is 43.8 Å². The molecule has 1 fully saturated rings. The summed E-state index contributed by atoms with van der Waals surface area (Å²) in [4.78, 5) is 41.0. The van der Waals surface area contributed by atoms with Gasteiger partial charge in [0.05, 0.1) is 18.7 Å². The lowest BCUT2D eigenvalue weighted by Crippen LogP contribution is -2.49. The molecule has 0 bridgehead atoms.